The van der Waals surface area contributed by atoms with E-state index in [4.69, 9.17) is 4.74 Å². The van der Waals surface area contributed by atoms with E-state index in [0.29, 0.717) is 23.0 Å². The molecule has 0 aromatic heterocycles. The minimum absolute atomic E-state index is 0.0929. The molecule has 168 valence electrons. The molecular formula is C25H25F3N2O2. The monoisotopic (exact) mass is 442 g/mol. The predicted octanol–water partition coefficient (Wildman–Crippen LogP) is 5.72. The van der Waals surface area contributed by atoms with Gasteiger partial charge in [0.15, 0.2) is 0 Å². The number of nitrogens with zero attached hydrogens (tertiary/aromatic N) is 1. The molecule has 1 fully saturated rings. The van der Waals surface area contributed by atoms with E-state index in [0.717, 1.165) is 42.5 Å². The standard InChI is InChI=1S/C25H25F3N2O2/c1-3-30-14-19(15-30)16(2)29-24(31)18-7-12-22-17(13-18)5-4-6-23(22)32-21-10-8-20(9-11-21)25(26,27)28/h4-13,16,19H,3,14-15H2,1-2H3,(H,29,31). The van der Waals surface area contributed by atoms with Crippen molar-refractivity contribution in [1.29, 1.82) is 0 Å². The van der Waals surface area contributed by atoms with Gasteiger partial charge in [0.2, 0.25) is 0 Å². The van der Waals surface area contributed by atoms with Crippen molar-refractivity contribution in [3.8, 4) is 11.5 Å². The molecule has 1 heterocycles. The molecule has 1 saturated heterocycles. The summed E-state index contributed by atoms with van der Waals surface area (Å²) < 4.78 is 44.1. The number of nitrogens with one attached hydrogen (secondary N) is 1. The van der Waals surface area contributed by atoms with E-state index >= 15 is 0 Å². The lowest BCUT2D eigenvalue weighted by Gasteiger charge is -2.42. The molecule has 3 aromatic rings. The fourth-order valence-electron chi connectivity index (χ4n) is 3.92. The second-order valence-corrected chi connectivity index (χ2v) is 8.19. The van der Waals surface area contributed by atoms with Crippen LogP contribution in [-0.2, 0) is 6.18 Å². The molecule has 4 rings (SSSR count). The number of fused-ring (bicyclic) bond motifs is 1. The summed E-state index contributed by atoms with van der Waals surface area (Å²) in [5.41, 5.74) is -0.167. The lowest BCUT2D eigenvalue weighted by Crippen LogP contribution is -2.55. The number of hydrogen-bond donors (Lipinski definition) is 1. The summed E-state index contributed by atoms with van der Waals surface area (Å²) in [5, 5.41) is 4.68. The Bertz CT molecular complexity index is 1110. The summed E-state index contributed by atoms with van der Waals surface area (Å²) in [4.78, 5) is 15.1. The zero-order valence-corrected chi connectivity index (χ0v) is 17.9. The Kier molecular flexibility index (Phi) is 6.11. The van der Waals surface area contributed by atoms with Crippen LogP contribution in [0.2, 0.25) is 0 Å². The van der Waals surface area contributed by atoms with Gasteiger partial charge in [-0.1, -0.05) is 19.1 Å². The van der Waals surface area contributed by atoms with Crippen molar-refractivity contribution in [2.24, 2.45) is 5.92 Å². The van der Waals surface area contributed by atoms with Crippen molar-refractivity contribution in [1.82, 2.24) is 10.2 Å². The van der Waals surface area contributed by atoms with Crippen LogP contribution in [0.15, 0.2) is 60.7 Å². The molecule has 1 unspecified atom stereocenters. The highest BCUT2D eigenvalue weighted by Gasteiger charge is 2.31. The number of ether oxygens (including phenoxy) is 1. The number of halogens is 3. The van der Waals surface area contributed by atoms with Crippen LogP contribution in [0.25, 0.3) is 10.8 Å². The zero-order valence-electron chi connectivity index (χ0n) is 17.9. The molecule has 0 radical (unpaired) electrons. The summed E-state index contributed by atoms with van der Waals surface area (Å²) >= 11 is 0. The molecule has 0 saturated carbocycles. The van der Waals surface area contributed by atoms with Gasteiger partial charge in [0.1, 0.15) is 11.5 Å². The summed E-state index contributed by atoms with van der Waals surface area (Å²) in [5.74, 6) is 1.16. The average molecular weight is 442 g/mol. The molecule has 0 bridgehead atoms. The van der Waals surface area contributed by atoms with Gasteiger partial charge in [0.05, 0.1) is 5.56 Å². The van der Waals surface area contributed by atoms with Crippen molar-refractivity contribution in [3.63, 3.8) is 0 Å². The summed E-state index contributed by atoms with van der Waals surface area (Å²) in [6.45, 7) is 7.19. The fourth-order valence-corrected chi connectivity index (χ4v) is 3.92. The maximum atomic E-state index is 12.8. The molecule has 1 aliphatic rings. The summed E-state index contributed by atoms with van der Waals surface area (Å²) in [6.07, 6.45) is -4.39. The Labute approximate surface area is 185 Å². The maximum Gasteiger partial charge on any atom is 0.416 e. The summed E-state index contributed by atoms with van der Waals surface area (Å²) in [6, 6.07) is 15.4. The number of amides is 1. The highest BCUT2D eigenvalue weighted by atomic mass is 19.4. The molecular weight excluding hydrogens is 417 g/mol. The van der Waals surface area contributed by atoms with Gasteiger partial charge in [-0.25, -0.2) is 0 Å². The third kappa shape index (κ3) is 4.72. The topological polar surface area (TPSA) is 41.6 Å². The largest absolute Gasteiger partial charge is 0.457 e. The van der Waals surface area contributed by atoms with Gasteiger partial charge in [0, 0.05) is 36.0 Å². The van der Waals surface area contributed by atoms with E-state index in [-0.39, 0.29) is 11.9 Å². The van der Waals surface area contributed by atoms with E-state index < -0.39 is 11.7 Å². The Hall–Kier alpha value is -3.06. The molecule has 1 atom stereocenters. The highest BCUT2D eigenvalue weighted by Crippen LogP contribution is 2.34. The molecule has 1 amide bonds. The Balaban J connectivity index is 1.48. The van der Waals surface area contributed by atoms with Crippen LogP contribution in [-0.4, -0.2) is 36.5 Å². The maximum absolute atomic E-state index is 12.8. The Morgan fingerprint density at radius 3 is 2.50 bits per heavy atom. The Morgan fingerprint density at radius 1 is 1.12 bits per heavy atom. The van der Waals surface area contributed by atoms with E-state index in [1.165, 1.54) is 12.1 Å². The first-order valence-corrected chi connectivity index (χ1v) is 10.7. The third-order valence-corrected chi connectivity index (χ3v) is 6.01. The van der Waals surface area contributed by atoms with E-state index in [9.17, 15) is 18.0 Å². The predicted molar refractivity (Wildman–Crippen MR) is 118 cm³/mol. The molecule has 0 aliphatic carbocycles. The highest BCUT2D eigenvalue weighted by molar-refractivity contribution is 6.00. The normalized spacial score (nSPS) is 15.9. The van der Waals surface area contributed by atoms with Crippen molar-refractivity contribution in [2.75, 3.05) is 19.6 Å². The molecule has 1 aliphatic heterocycles. The lowest BCUT2D eigenvalue weighted by atomic mass is 9.92. The van der Waals surface area contributed by atoms with Crippen LogP contribution in [0.3, 0.4) is 0 Å². The van der Waals surface area contributed by atoms with Gasteiger partial charge in [-0.2, -0.15) is 13.2 Å². The van der Waals surface area contributed by atoms with Crippen molar-refractivity contribution >= 4 is 16.7 Å². The minimum atomic E-state index is -4.39. The minimum Gasteiger partial charge on any atom is -0.457 e. The SMILES string of the molecule is CCN1CC(C(C)NC(=O)c2ccc3c(Oc4ccc(C(F)(F)F)cc4)cccc3c2)C1. The first kappa shape index (κ1) is 22.1. The smallest absolute Gasteiger partial charge is 0.416 e. The molecule has 1 N–H and O–H groups in total. The lowest BCUT2D eigenvalue weighted by molar-refractivity contribution is -0.137. The number of benzene rings is 3. The number of carbonyl (C=O) groups is 1. The molecule has 4 nitrogen and oxygen atoms in total. The average Bonchev–Trinajstić information content (AvgIpc) is 2.72. The van der Waals surface area contributed by atoms with Crippen molar-refractivity contribution < 1.29 is 22.7 Å². The van der Waals surface area contributed by atoms with Crippen LogP contribution >= 0.6 is 0 Å². The van der Waals surface area contributed by atoms with E-state index in [2.05, 4.69) is 17.1 Å². The van der Waals surface area contributed by atoms with Crippen molar-refractivity contribution in [3.05, 3.63) is 71.8 Å². The van der Waals surface area contributed by atoms with Gasteiger partial charge in [0.25, 0.3) is 5.91 Å². The fraction of sp³-hybridized carbons (Fsp3) is 0.320. The number of rotatable bonds is 6. The van der Waals surface area contributed by atoms with Crippen LogP contribution in [0.5, 0.6) is 11.5 Å². The number of hydrogen-bond acceptors (Lipinski definition) is 3. The van der Waals surface area contributed by atoms with Gasteiger partial charge >= 0.3 is 6.18 Å². The molecule has 32 heavy (non-hydrogen) atoms. The van der Waals surface area contributed by atoms with Gasteiger partial charge in [-0.05, 0) is 67.4 Å². The summed E-state index contributed by atoms with van der Waals surface area (Å²) in [7, 11) is 0. The van der Waals surface area contributed by atoms with E-state index in [1.807, 2.05) is 13.0 Å². The number of carbonyl (C=O) groups excluding carboxylic acids is 1. The van der Waals surface area contributed by atoms with Crippen LogP contribution in [0.1, 0.15) is 29.8 Å². The number of likely N-dealkylation sites (tertiary alicyclic amines) is 1. The van der Waals surface area contributed by atoms with Gasteiger partial charge < -0.3 is 15.0 Å². The van der Waals surface area contributed by atoms with Crippen LogP contribution in [0.4, 0.5) is 13.2 Å². The quantitative estimate of drug-likeness (QED) is 0.531. The van der Waals surface area contributed by atoms with Gasteiger partial charge in [-0.15, -0.1) is 0 Å². The first-order chi connectivity index (χ1) is 15.2. The number of alkyl halides is 3. The van der Waals surface area contributed by atoms with Crippen LogP contribution in [0, 0.1) is 5.92 Å². The van der Waals surface area contributed by atoms with E-state index in [1.54, 1.807) is 30.3 Å². The van der Waals surface area contributed by atoms with Crippen molar-refractivity contribution in [2.45, 2.75) is 26.1 Å². The molecule has 7 heteroatoms. The Morgan fingerprint density at radius 2 is 1.84 bits per heavy atom. The molecule has 0 spiro atoms. The first-order valence-electron chi connectivity index (χ1n) is 10.7. The second-order valence-electron chi connectivity index (χ2n) is 8.19. The second kappa shape index (κ2) is 8.82. The van der Waals surface area contributed by atoms with Gasteiger partial charge in [-0.3, -0.25) is 4.79 Å². The molecule has 3 aromatic carbocycles. The third-order valence-electron chi connectivity index (χ3n) is 6.01. The zero-order chi connectivity index (χ0) is 22.9. The van der Waals surface area contributed by atoms with Crippen LogP contribution < -0.4 is 10.1 Å².